The fraction of sp³-hybridized carbons (Fsp3) is 0.514. The number of likely N-dealkylation sites (N-methyl/N-ethyl adjacent to an activating group) is 1. The third-order valence-electron chi connectivity index (χ3n) is 9.96. The van der Waals surface area contributed by atoms with E-state index >= 15 is 0 Å². The molecule has 1 amide bonds. The first-order valence-electron chi connectivity index (χ1n) is 17.0. The van der Waals surface area contributed by atoms with Crippen molar-refractivity contribution in [3.8, 4) is 16.9 Å². The molecule has 3 aliphatic rings. The molecule has 0 aliphatic heterocycles. The van der Waals surface area contributed by atoms with Crippen LogP contribution in [0.3, 0.4) is 0 Å². The van der Waals surface area contributed by atoms with Gasteiger partial charge in [0.05, 0.1) is 12.7 Å². The molecule has 4 atom stereocenters. The van der Waals surface area contributed by atoms with Crippen LogP contribution in [0.15, 0.2) is 65.8 Å². The first-order chi connectivity index (χ1) is 23.5. The van der Waals surface area contributed by atoms with Crippen LogP contribution in [-0.4, -0.2) is 97.8 Å². The highest BCUT2D eigenvalue weighted by Gasteiger charge is 2.46. The van der Waals surface area contributed by atoms with E-state index in [1.54, 1.807) is 11.8 Å². The van der Waals surface area contributed by atoms with Gasteiger partial charge in [-0.2, -0.15) is 0 Å². The zero-order chi connectivity index (χ0) is 34.8. The summed E-state index contributed by atoms with van der Waals surface area (Å²) in [5, 5.41) is 53.4. The maximum Gasteiger partial charge on any atom is 0.222 e. The van der Waals surface area contributed by atoms with E-state index in [9.17, 15) is 25.2 Å². The summed E-state index contributed by atoms with van der Waals surface area (Å²) in [6.45, 7) is -0.381. The number of carbonyl (C=O) groups is 1. The quantitative estimate of drug-likeness (QED) is 0.107. The SMILES string of the molecule is CN(CC(O)C(O)C(O)C(O)CO)C(=O)CC1(CSc2ccc(Cl)c(CNC3(c4cnccc4-c4ccccc4OC4CC4)CC3)c2)CC1. The van der Waals surface area contributed by atoms with Gasteiger partial charge in [0.1, 0.15) is 30.2 Å². The summed E-state index contributed by atoms with van der Waals surface area (Å²) in [6, 6.07) is 16.4. The molecule has 0 saturated heterocycles. The highest BCUT2D eigenvalue weighted by molar-refractivity contribution is 7.99. The Bertz CT molecular complexity index is 1620. The van der Waals surface area contributed by atoms with E-state index in [2.05, 4.69) is 28.5 Å². The first kappa shape index (κ1) is 36.1. The molecule has 10 nitrogen and oxygen atoms in total. The van der Waals surface area contributed by atoms with Crippen LogP contribution in [0.4, 0.5) is 0 Å². The predicted octanol–water partition coefficient (Wildman–Crippen LogP) is 3.88. The van der Waals surface area contributed by atoms with Gasteiger partial charge in [-0.15, -0.1) is 11.8 Å². The minimum Gasteiger partial charge on any atom is -0.490 e. The smallest absolute Gasteiger partial charge is 0.222 e. The number of nitrogens with zero attached hydrogens (tertiary/aromatic N) is 2. The zero-order valence-electron chi connectivity index (χ0n) is 27.7. The highest BCUT2D eigenvalue weighted by atomic mass is 35.5. The van der Waals surface area contributed by atoms with Crippen molar-refractivity contribution in [3.63, 3.8) is 0 Å². The number of amides is 1. The molecule has 3 fully saturated rings. The molecule has 6 rings (SSSR count). The van der Waals surface area contributed by atoms with Gasteiger partial charge in [-0.05, 0) is 91.0 Å². The van der Waals surface area contributed by atoms with Crippen molar-refractivity contribution < 1.29 is 35.1 Å². The summed E-state index contributed by atoms with van der Waals surface area (Å²) >= 11 is 8.40. The third kappa shape index (κ3) is 8.77. The predicted molar refractivity (Wildman–Crippen MR) is 188 cm³/mol. The number of aromatic nitrogens is 1. The Morgan fingerprint density at radius 3 is 2.47 bits per heavy atom. The fourth-order valence-electron chi connectivity index (χ4n) is 6.17. The van der Waals surface area contributed by atoms with Gasteiger partial charge >= 0.3 is 0 Å². The number of hydrogen-bond donors (Lipinski definition) is 6. The van der Waals surface area contributed by atoms with E-state index in [1.165, 1.54) is 11.9 Å². The molecule has 0 bridgehead atoms. The van der Waals surface area contributed by atoms with Gasteiger partial charge in [0.15, 0.2) is 0 Å². The fourth-order valence-corrected chi connectivity index (χ4v) is 7.61. The van der Waals surface area contributed by atoms with Crippen LogP contribution in [-0.2, 0) is 16.9 Å². The van der Waals surface area contributed by atoms with E-state index in [0.717, 1.165) is 77.2 Å². The van der Waals surface area contributed by atoms with Crippen molar-refractivity contribution in [2.75, 3.05) is 26.0 Å². The van der Waals surface area contributed by atoms with Crippen LogP contribution in [0, 0.1) is 5.41 Å². The Labute approximate surface area is 296 Å². The third-order valence-corrected chi connectivity index (χ3v) is 11.7. The number of nitrogens with one attached hydrogen (secondary N) is 1. The average Bonchev–Trinajstić information content (AvgIpc) is 3.99. The molecule has 2 aromatic carbocycles. The number of aliphatic hydroxyl groups is 5. The topological polar surface area (TPSA) is 156 Å². The Morgan fingerprint density at radius 1 is 1.04 bits per heavy atom. The van der Waals surface area contributed by atoms with Crippen molar-refractivity contribution in [1.82, 2.24) is 15.2 Å². The minimum atomic E-state index is -1.73. The molecular formula is C37H46ClN3O7S. The zero-order valence-corrected chi connectivity index (χ0v) is 29.2. The summed E-state index contributed by atoms with van der Waals surface area (Å²) in [4.78, 5) is 20.0. The van der Waals surface area contributed by atoms with Crippen LogP contribution < -0.4 is 10.1 Å². The van der Waals surface area contributed by atoms with Crippen LogP contribution in [0.5, 0.6) is 5.75 Å². The number of para-hydroxylation sites is 1. The van der Waals surface area contributed by atoms with E-state index in [0.29, 0.717) is 24.1 Å². The van der Waals surface area contributed by atoms with Crippen molar-refractivity contribution >= 4 is 29.3 Å². The second-order valence-corrected chi connectivity index (χ2v) is 15.4. The lowest BCUT2D eigenvalue weighted by Crippen LogP contribution is -2.50. The summed E-state index contributed by atoms with van der Waals surface area (Å²) in [5.74, 6) is 1.49. The average molecular weight is 712 g/mol. The standard InChI is InChI=1S/C37H46ClN3O7S/c1-41(20-30(43)34(46)35(47)31(44)21-42)33(45)17-36(11-12-36)22-49-25-8-9-29(38)23(16-25)18-40-37(13-14-37)28-19-39-15-10-26(28)27-4-2-3-5-32(27)48-24-6-7-24/h2-5,8-10,15-16,19,24,30-31,34-35,40,42-44,46-47H,6-7,11-14,17-18,20-22H2,1H3. The van der Waals surface area contributed by atoms with E-state index < -0.39 is 31.0 Å². The Kier molecular flexibility index (Phi) is 11.2. The van der Waals surface area contributed by atoms with Crippen molar-refractivity contribution in [3.05, 3.63) is 77.1 Å². The molecule has 264 valence electrons. The number of hydrogen-bond acceptors (Lipinski definition) is 10. The highest BCUT2D eigenvalue weighted by Crippen LogP contribution is 2.53. The van der Waals surface area contributed by atoms with E-state index in [4.69, 9.17) is 21.4 Å². The Balaban J connectivity index is 1.05. The van der Waals surface area contributed by atoms with Gasteiger partial charge in [0.2, 0.25) is 5.91 Å². The molecule has 1 aromatic heterocycles. The normalized spacial score (nSPS) is 19.8. The van der Waals surface area contributed by atoms with Gasteiger partial charge in [0, 0.05) is 65.7 Å². The van der Waals surface area contributed by atoms with Crippen molar-refractivity contribution in [2.45, 2.75) is 92.4 Å². The summed E-state index contributed by atoms with van der Waals surface area (Å²) in [6.07, 6.45) is 3.92. The van der Waals surface area contributed by atoms with E-state index in [1.807, 2.05) is 42.7 Å². The molecule has 3 saturated carbocycles. The lowest BCUT2D eigenvalue weighted by molar-refractivity contribution is -0.138. The number of carbonyl (C=O) groups excluding carboxylic acids is 1. The Morgan fingerprint density at radius 2 is 1.78 bits per heavy atom. The number of aliphatic hydroxyl groups excluding tert-OH is 5. The molecule has 0 radical (unpaired) electrons. The number of ether oxygens (including phenoxy) is 1. The second kappa shape index (κ2) is 15.2. The van der Waals surface area contributed by atoms with Crippen LogP contribution in [0.1, 0.15) is 56.1 Å². The maximum atomic E-state index is 13.0. The number of rotatable bonds is 18. The molecule has 1 heterocycles. The van der Waals surface area contributed by atoms with Gasteiger partial charge in [-0.1, -0.05) is 29.8 Å². The van der Waals surface area contributed by atoms with Crippen LogP contribution >= 0.6 is 23.4 Å². The summed E-state index contributed by atoms with van der Waals surface area (Å²) in [5.41, 5.74) is 4.02. The number of benzene rings is 2. The first-order valence-corrected chi connectivity index (χ1v) is 18.3. The van der Waals surface area contributed by atoms with Gasteiger partial charge in [0.25, 0.3) is 0 Å². The number of pyridine rings is 1. The van der Waals surface area contributed by atoms with Crippen LogP contribution in [0.2, 0.25) is 5.02 Å². The Hall–Kier alpha value is -2.74. The van der Waals surface area contributed by atoms with E-state index in [-0.39, 0.29) is 23.4 Å². The number of thioether (sulfide) groups is 1. The molecule has 6 N–H and O–H groups in total. The van der Waals surface area contributed by atoms with Gasteiger partial charge in [-0.3, -0.25) is 9.78 Å². The molecule has 0 spiro atoms. The lowest BCUT2D eigenvalue weighted by atomic mass is 9.94. The van der Waals surface area contributed by atoms with Crippen LogP contribution in [0.25, 0.3) is 11.1 Å². The molecular weight excluding hydrogens is 666 g/mol. The molecule has 3 aliphatic carbocycles. The molecule has 3 aromatic rings. The monoisotopic (exact) mass is 711 g/mol. The lowest BCUT2D eigenvalue weighted by Gasteiger charge is -2.29. The second-order valence-electron chi connectivity index (χ2n) is 14.0. The number of halogens is 1. The van der Waals surface area contributed by atoms with Crippen molar-refractivity contribution in [2.24, 2.45) is 5.41 Å². The minimum absolute atomic E-state index is 0.154. The maximum absolute atomic E-state index is 13.0. The molecule has 49 heavy (non-hydrogen) atoms. The molecule has 4 unspecified atom stereocenters. The largest absolute Gasteiger partial charge is 0.490 e. The summed E-state index contributed by atoms with van der Waals surface area (Å²) in [7, 11) is 1.54. The van der Waals surface area contributed by atoms with Gasteiger partial charge < -0.3 is 40.5 Å². The molecule has 12 heteroatoms. The van der Waals surface area contributed by atoms with Gasteiger partial charge in [-0.25, -0.2) is 0 Å². The van der Waals surface area contributed by atoms with Crippen molar-refractivity contribution in [1.29, 1.82) is 0 Å². The summed E-state index contributed by atoms with van der Waals surface area (Å²) < 4.78 is 6.26.